The second-order valence-electron chi connectivity index (χ2n) is 7.06. The van der Waals surface area contributed by atoms with Gasteiger partial charge in [-0.1, -0.05) is 18.2 Å². The third-order valence-electron chi connectivity index (χ3n) is 4.82. The van der Waals surface area contributed by atoms with Gasteiger partial charge in [0.05, 0.1) is 11.9 Å². The largest absolute Gasteiger partial charge is 0.353 e. The molecule has 0 saturated heterocycles. The number of nitrogens with zero attached hydrogens (tertiary/aromatic N) is 5. The van der Waals surface area contributed by atoms with Crippen LogP contribution in [0.4, 0.5) is 11.6 Å². The molecule has 1 aromatic carbocycles. The van der Waals surface area contributed by atoms with Crippen LogP contribution in [0.15, 0.2) is 61.2 Å². The Bertz CT molecular complexity index is 1150. The van der Waals surface area contributed by atoms with Gasteiger partial charge in [0, 0.05) is 23.8 Å². The van der Waals surface area contributed by atoms with Gasteiger partial charge in [0.15, 0.2) is 11.6 Å². The minimum absolute atomic E-state index is 0.0610. The van der Waals surface area contributed by atoms with Crippen molar-refractivity contribution in [2.45, 2.75) is 25.3 Å². The number of para-hydroxylation sites is 1. The monoisotopic (exact) mass is 385 g/mol. The molecule has 4 aromatic rings. The zero-order chi connectivity index (χ0) is 19.6. The van der Waals surface area contributed by atoms with Gasteiger partial charge in [-0.2, -0.15) is 0 Å². The molecular formula is C21H19N7O. The quantitative estimate of drug-likeness (QED) is 0.530. The molecule has 0 radical (unpaired) electrons. The van der Waals surface area contributed by atoms with Crippen LogP contribution in [0.25, 0.3) is 16.7 Å². The summed E-state index contributed by atoms with van der Waals surface area (Å²) >= 11 is 0. The first-order valence-electron chi connectivity index (χ1n) is 9.52. The number of amides is 1. The summed E-state index contributed by atoms with van der Waals surface area (Å²) in [5.74, 6) is 1.99. The van der Waals surface area contributed by atoms with E-state index in [2.05, 4.69) is 30.8 Å². The van der Waals surface area contributed by atoms with E-state index in [0.717, 1.165) is 29.3 Å². The van der Waals surface area contributed by atoms with Gasteiger partial charge in [-0.25, -0.2) is 9.97 Å². The molecule has 0 atom stereocenters. The predicted octanol–water partition coefficient (Wildman–Crippen LogP) is 2.78. The first-order chi connectivity index (χ1) is 14.3. The molecule has 1 fully saturated rings. The van der Waals surface area contributed by atoms with Crippen molar-refractivity contribution in [3.8, 4) is 5.82 Å². The summed E-state index contributed by atoms with van der Waals surface area (Å²) < 4.78 is 1.97. The molecule has 0 aliphatic heterocycles. The standard InChI is InChI=1S/C21H19N7O/c29-21(24-15-5-6-15)11-14-12-28(17-4-2-1-3-16(14)17)20-8-7-19(26-27-20)25-18-9-10-22-13-23-18/h1-4,7-10,12-13,15H,5-6,11H2,(H,24,29)(H,22,23,25,26). The maximum absolute atomic E-state index is 12.3. The number of benzene rings is 1. The SMILES string of the molecule is O=C(Cc1cn(-c2ccc(Nc3ccncn3)nn2)c2ccccc12)NC1CC1. The molecule has 0 unspecified atom stereocenters. The van der Waals surface area contributed by atoms with Gasteiger partial charge in [-0.15, -0.1) is 10.2 Å². The predicted molar refractivity (Wildman–Crippen MR) is 109 cm³/mol. The molecule has 1 aliphatic carbocycles. The number of aromatic nitrogens is 5. The van der Waals surface area contributed by atoms with Crippen LogP contribution >= 0.6 is 0 Å². The topological polar surface area (TPSA) is 97.6 Å². The van der Waals surface area contributed by atoms with Gasteiger partial charge < -0.3 is 10.6 Å². The number of rotatable bonds is 6. The molecule has 0 spiro atoms. The average Bonchev–Trinajstić information content (AvgIpc) is 3.49. The first kappa shape index (κ1) is 17.3. The number of hydrogen-bond acceptors (Lipinski definition) is 6. The molecule has 29 heavy (non-hydrogen) atoms. The van der Waals surface area contributed by atoms with Crippen LogP contribution in [-0.2, 0) is 11.2 Å². The van der Waals surface area contributed by atoms with E-state index in [9.17, 15) is 4.79 Å². The van der Waals surface area contributed by atoms with E-state index in [1.807, 2.05) is 47.2 Å². The molecule has 144 valence electrons. The highest BCUT2D eigenvalue weighted by Gasteiger charge is 2.24. The first-order valence-corrected chi connectivity index (χ1v) is 9.52. The average molecular weight is 385 g/mol. The zero-order valence-corrected chi connectivity index (χ0v) is 15.6. The number of nitrogens with one attached hydrogen (secondary N) is 2. The lowest BCUT2D eigenvalue weighted by molar-refractivity contribution is -0.120. The van der Waals surface area contributed by atoms with E-state index in [0.29, 0.717) is 29.9 Å². The molecule has 1 saturated carbocycles. The summed E-state index contributed by atoms with van der Waals surface area (Å²) in [6, 6.07) is 13.9. The van der Waals surface area contributed by atoms with Gasteiger partial charge >= 0.3 is 0 Å². The Hall–Kier alpha value is -3.81. The van der Waals surface area contributed by atoms with Crippen molar-refractivity contribution < 1.29 is 4.79 Å². The lowest BCUT2D eigenvalue weighted by atomic mass is 10.1. The molecule has 5 rings (SSSR count). The Kier molecular flexibility index (Phi) is 4.36. The number of hydrogen-bond donors (Lipinski definition) is 2. The lowest BCUT2D eigenvalue weighted by Gasteiger charge is -2.06. The van der Waals surface area contributed by atoms with Crippen molar-refractivity contribution >= 4 is 28.4 Å². The van der Waals surface area contributed by atoms with Crippen molar-refractivity contribution in [3.05, 3.63) is 66.7 Å². The lowest BCUT2D eigenvalue weighted by Crippen LogP contribution is -2.26. The van der Waals surface area contributed by atoms with Crippen LogP contribution in [-0.4, -0.2) is 36.7 Å². The second kappa shape index (κ2) is 7.31. The van der Waals surface area contributed by atoms with Crippen LogP contribution in [0, 0.1) is 0 Å². The highest BCUT2D eigenvalue weighted by molar-refractivity contribution is 5.90. The molecule has 3 aromatic heterocycles. The van der Waals surface area contributed by atoms with Crippen LogP contribution in [0.1, 0.15) is 18.4 Å². The van der Waals surface area contributed by atoms with Crippen LogP contribution in [0.3, 0.4) is 0 Å². The Morgan fingerprint density at radius 3 is 2.72 bits per heavy atom. The summed E-state index contributed by atoms with van der Waals surface area (Å²) in [4.78, 5) is 20.3. The Morgan fingerprint density at radius 1 is 1.07 bits per heavy atom. The third kappa shape index (κ3) is 3.77. The van der Waals surface area contributed by atoms with Gasteiger partial charge in [0.2, 0.25) is 5.91 Å². The summed E-state index contributed by atoms with van der Waals surface area (Å²) in [6.45, 7) is 0. The molecule has 1 amide bonds. The van der Waals surface area contributed by atoms with Crippen LogP contribution in [0.2, 0.25) is 0 Å². The van der Waals surface area contributed by atoms with E-state index >= 15 is 0 Å². The van der Waals surface area contributed by atoms with E-state index < -0.39 is 0 Å². The van der Waals surface area contributed by atoms with Gasteiger partial charge in [0.1, 0.15) is 12.1 Å². The maximum atomic E-state index is 12.3. The van der Waals surface area contributed by atoms with Crippen molar-refractivity contribution in [1.29, 1.82) is 0 Å². The van der Waals surface area contributed by atoms with Crippen molar-refractivity contribution in [2.75, 3.05) is 5.32 Å². The number of carbonyl (C=O) groups excluding carboxylic acids is 1. The van der Waals surface area contributed by atoms with Crippen LogP contribution < -0.4 is 10.6 Å². The van der Waals surface area contributed by atoms with Crippen molar-refractivity contribution in [2.24, 2.45) is 0 Å². The summed E-state index contributed by atoms with van der Waals surface area (Å²) in [5.41, 5.74) is 1.97. The molecule has 3 heterocycles. The number of carbonyl (C=O) groups is 1. The molecule has 8 nitrogen and oxygen atoms in total. The fourth-order valence-electron chi connectivity index (χ4n) is 3.28. The molecule has 1 aliphatic rings. The van der Waals surface area contributed by atoms with Gasteiger partial charge in [0.25, 0.3) is 0 Å². The molecule has 8 heteroatoms. The van der Waals surface area contributed by atoms with E-state index in [-0.39, 0.29) is 5.91 Å². The fraction of sp³-hybridized carbons (Fsp3) is 0.190. The van der Waals surface area contributed by atoms with E-state index in [4.69, 9.17) is 0 Å². The smallest absolute Gasteiger partial charge is 0.224 e. The Balaban J connectivity index is 1.42. The Morgan fingerprint density at radius 2 is 1.97 bits per heavy atom. The minimum Gasteiger partial charge on any atom is -0.353 e. The highest BCUT2D eigenvalue weighted by atomic mass is 16.1. The number of anilines is 2. The minimum atomic E-state index is 0.0610. The zero-order valence-electron chi connectivity index (χ0n) is 15.6. The van der Waals surface area contributed by atoms with Gasteiger partial charge in [-0.05, 0) is 42.7 Å². The Labute approximate surface area is 167 Å². The van der Waals surface area contributed by atoms with E-state index in [1.165, 1.54) is 6.33 Å². The highest BCUT2D eigenvalue weighted by Crippen LogP contribution is 2.25. The summed E-state index contributed by atoms with van der Waals surface area (Å²) in [5, 5.41) is 15.8. The summed E-state index contributed by atoms with van der Waals surface area (Å²) in [7, 11) is 0. The molecule has 2 N–H and O–H groups in total. The normalized spacial score (nSPS) is 13.4. The third-order valence-corrected chi connectivity index (χ3v) is 4.82. The summed E-state index contributed by atoms with van der Waals surface area (Å²) in [6.07, 6.45) is 7.61. The van der Waals surface area contributed by atoms with Crippen LogP contribution in [0.5, 0.6) is 0 Å². The molecule has 0 bridgehead atoms. The second-order valence-corrected chi connectivity index (χ2v) is 7.06. The molecular weight excluding hydrogens is 366 g/mol. The fourth-order valence-corrected chi connectivity index (χ4v) is 3.28. The van der Waals surface area contributed by atoms with Crippen molar-refractivity contribution in [1.82, 2.24) is 30.0 Å². The van der Waals surface area contributed by atoms with E-state index in [1.54, 1.807) is 12.3 Å². The number of fused-ring (bicyclic) bond motifs is 1. The maximum Gasteiger partial charge on any atom is 0.224 e. The van der Waals surface area contributed by atoms with Gasteiger partial charge in [-0.3, -0.25) is 9.36 Å². The van der Waals surface area contributed by atoms with Crippen molar-refractivity contribution in [3.63, 3.8) is 0 Å².